The monoisotopic (exact) mass is 330 g/mol. The summed E-state index contributed by atoms with van der Waals surface area (Å²) in [6.07, 6.45) is 0. The molecule has 118 valence electrons. The number of carbonyl (C=O) groups is 2. The van der Waals surface area contributed by atoms with E-state index in [2.05, 4.69) is 10.3 Å². The third-order valence-corrected chi connectivity index (χ3v) is 4.46. The van der Waals surface area contributed by atoms with Crippen molar-refractivity contribution in [3.05, 3.63) is 40.6 Å². The van der Waals surface area contributed by atoms with Crippen LogP contribution in [0.25, 0.3) is 11.0 Å². The zero-order valence-electron chi connectivity index (χ0n) is 12.8. The summed E-state index contributed by atoms with van der Waals surface area (Å²) in [6.45, 7) is 3.20. The number of aromatic nitrogens is 1. The maximum absolute atomic E-state index is 12.3. The second kappa shape index (κ2) is 5.85. The van der Waals surface area contributed by atoms with Gasteiger partial charge in [0, 0.05) is 12.3 Å². The van der Waals surface area contributed by atoms with Crippen molar-refractivity contribution in [2.24, 2.45) is 0 Å². The molecule has 0 radical (unpaired) electrons. The summed E-state index contributed by atoms with van der Waals surface area (Å²) in [5, 5.41) is 3.79. The molecule has 2 heterocycles. The van der Waals surface area contributed by atoms with E-state index in [4.69, 9.17) is 9.15 Å². The number of nitrogens with one attached hydrogen (secondary N) is 1. The van der Waals surface area contributed by atoms with Gasteiger partial charge in [-0.2, -0.15) is 0 Å². The molecule has 0 fully saturated rings. The molecule has 0 bridgehead atoms. The van der Waals surface area contributed by atoms with Crippen LogP contribution >= 0.6 is 11.3 Å². The molecule has 0 saturated carbocycles. The summed E-state index contributed by atoms with van der Waals surface area (Å²) in [5.41, 5.74) is 1.11. The predicted octanol–water partition coefficient (Wildman–Crippen LogP) is 3.66. The number of fused-ring (bicyclic) bond motifs is 1. The fourth-order valence-electron chi connectivity index (χ4n) is 2.24. The van der Waals surface area contributed by atoms with Crippen molar-refractivity contribution in [1.82, 2.24) is 4.98 Å². The first-order valence-electron chi connectivity index (χ1n) is 6.86. The van der Waals surface area contributed by atoms with Gasteiger partial charge < -0.3 is 9.15 Å². The third-order valence-electron chi connectivity index (χ3n) is 3.29. The van der Waals surface area contributed by atoms with E-state index in [1.807, 2.05) is 12.1 Å². The Morgan fingerprint density at radius 2 is 2.13 bits per heavy atom. The number of Topliss-reactive ketones (excluding diaryl/α,β-unsaturated/α-hetero) is 1. The number of ketones is 1. The van der Waals surface area contributed by atoms with Crippen molar-refractivity contribution in [3.8, 4) is 5.75 Å². The van der Waals surface area contributed by atoms with Gasteiger partial charge in [0.25, 0.3) is 5.91 Å². The topological polar surface area (TPSA) is 81.4 Å². The lowest BCUT2D eigenvalue weighted by Crippen LogP contribution is -2.10. The number of furan rings is 1. The Kier molecular flexibility index (Phi) is 3.87. The SMILES string of the molecule is COc1cccc2cc(C(=O)Nc3nc(C)c(C(C)=O)s3)oc12. The number of amides is 1. The molecule has 3 rings (SSSR count). The molecule has 0 aliphatic carbocycles. The number of para-hydroxylation sites is 1. The molecule has 1 amide bonds. The molecule has 0 saturated heterocycles. The minimum absolute atomic E-state index is 0.0750. The van der Waals surface area contributed by atoms with Gasteiger partial charge in [-0.1, -0.05) is 23.5 Å². The Labute approximate surface area is 136 Å². The van der Waals surface area contributed by atoms with Gasteiger partial charge in [-0.3, -0.25) is 14.9 Å². The van der Waals surface area contributed by atoms with E-state index in [0.717, 1.165) is 16.7 Å². The largest absolute Gasteiger partial charge is 0.493 e. The van der Waals surface area contributed by atoms with Crippen LogP contribution in [0.15, 0.2) is 28.7 Å². The lowest BCUT2D eigenvalue weighted by atomic mass is 10.2. The van der Waals surface area contributed by atoms with E-state index in [1.165, 1.54) is 6.92 Å². The number of methoxy groups -OCH3 is 1. The van der Waals surface area contributed by atoms with Crippen LogP contribution in [0, 0.1) is 6.92 Å². The number of aryl methyl sites for hydroxylation is 1. The molecular formula is C16H14N2O4S. The average Bonchev–Trinajstić information content (AvgIpc) is 3.10. The molecule has 6 nitrogen and oxygen atoms in total. The number of carbonyl (C=O) groups excluding carboxylic acids is 2. The van der Waals surface area contributed by atoms with Crippen LogP contribution in [0.5, 0.6) is 5.75 Å². The fourth-order valence-corrected chi connectivity index (χ4v) is 3.10. The van der Waals surface area contributed by atoms with Crippen molar-refractivity contribution in [1.29, 1.82) is 0 Å². The highest BCUT2D eigenvalue weighted by atomic mass is 32.1. The van der Waals surface area contributed by atoms with E-state index in [1.54, 1.807) is 26.2 Å². The minimum Gasteiger partial charge on any atom is -0.493 e. The normalized spacial score (nSPS) is 10.7. The highest BCUT2D eigenvalue weighted by molar-refractivity contribution is 7.17. The lowest BCUT2D eigenvalue weighted by molar-refractivity contribution is 0.0995. The number of benzene rings is 1. The van der Waals surface area contributed by atoms with Gasteiger partial charge in [0.2, 0.25) is 0 Å². The van der Waals surface area contributed by atoms with Gasteiger partial charge >= 0.3 is 0 Å². The van der Waals surface area contributed by atoms with Crippen LogP contribution in [0.4, 0.5) is 5.13 Å². The molecule has 3 aromatic rings. The van der Waals surface area contributed by atoms with Crippen LogP contribution in [-0.4, -0.2) is 23.8 Å². The van der Waals surface area contributed by atoms with Gasteiger partial charge in [-0.25, -0.2) is 4.98 Å². The number of ether oxygens (including phenoxy) is 1. The van der Waals surface area contributed by atoms with Crippen LogP contribution in [0.3, 0.4) is 0 Å². The molecule has 23 heavy (non-hydrogen) atoms. The highest BCUT2D eigenvalue weighted by Gasteiger charge is 2.18. The molecule has 0 aliphatic rings. The van der Waals surface area contributed by atoms with Gasteiger partial charge in [-0.05, 0) is 19.1 Å². The molecule has 7 heteroatoms. The van der Waals surface area contributed by atoms with Gasteiger partial charge in [-0.15, -0.1) is 0 Å². The van der Waals surface area contributed by atoms with E-state index >= 15 is 0 Å². The van der Waals surface area contributed by atoms with Gasteiger partial charge in [0.05, 0.1) is 17.7 Å². The molecule has 0 aliphatic heterocycles. The van der Waals surface area contributed by atoms with E-state index in [0.29, 0.717) is 27.0 Å². The molecule has 1 N–H and O–H groups in total. The summed E-state index contributed by atoms with van der Waals surface area (Å²) < 4.78 is 10.8. The summed E-state index contributed by atoms with van der Waals surface area (Å²) >= 11 is 1.15. The van der Waals surface area contributed by atoms with E-state index < -0.39 is 5.91 Å². The second-order valence-electron chi connectivity index (χ2n) is 4.93. The van der Waals surface area contributed by atoms with Crippen LogP contribution < -0.4 is 10.1 Å². The molecule has 0 unspecified atom stereocenters. The van der Waals surface area contributed by atoms with Gasteiger partial charge in [0.1, 0.15) is 0 Å². The molecule has 1 aromatic carbocycles. The first-order chi connectivity index (χ1) is 11.0. The first kappa shape index (κ1) is 15.2. The Morgan fingerprint density at radius 1 is 1.35 bits per heavy atom. The Balaban J connectivity index is 1.89. The highest BCUT2D eigenvalue weighted by Crippen LogP contribution is 2.29. The first-order valence-corrected chi connectivity index (χ1v) is 7.67. The summed E-state index contributed by atoms with van der Waals surface area (Å²) in [4.78, 5) is 28.5. The molecule has 2 aromatic heterocycles. The van der Waals surface area contributed by atoms with Crippen LogP contribution in [0.2, 0.25) is 0 Å². The zero-order chi connectivity index (χ0) is 16.6. The molecule has 0 spiro atoms. The molecule has 0 atom stereocenters. The molecular weight excluding hydrogens is 316 g/mol. The van der Waals surface area contributed by atoms with Gasteiger partial charge in [0.15, 0.2) is 28.0 Å². The number of rotatable bonds is 4. The minimum atomic E-state index is -0.424. The smallest absolute Gasteiger partial charge is 0.293 e. The number of hydrogen-bond donors (Lipinski definition) is 1. The number of hydrogen-bond acceptors (Lipinski definition) is 6. The van der Waals surface area contributed by atoms with Crippen molar-refractivity contribution in [2.75, 3.05) is 12.4 Å². The quantitative estimate of drug-likeness (QED) is 0.738. The van der Waals surface area contributed by atoms with E-state index in [-0.39, 0.29) is 11.5 Å². The maximum Gasteiger partial charge on any atom is 0.293 e. The Bertz CT molecular complexity index is 910. The van der Waals surface area contributed by atoms with E-state index in [9.17, 15) is 9.59 Å². The zero-order valence-corrected chi connectivity index (χ0v) is 13.6. The lowest BCUT2D eigenvalue weighted by Gasteiger charge is -1.99. The Hall–Kier alpha value is -2.67. The second-order valence-corrected chi connectivity index (χ2v) is 5.93. The van der Waals surface area contributed by atoms with Crippen molar-refractivity contribution >= 4 is 39.1 Å². The summed E-state index contributed by atoms with van der Waals surface area (Å²) in [7, 11) is 1.54. The average molecular weight is 330 g/mol. The fraction of sp³-hybridized carbons (Fsp3) is 0.188. The summed E-state index contributed by atoms with van der Waals surface area (Å²) in [5.74, 6) is 0.216. The standard InChI is InChI=1S/C16H14N2O4S/c1-8-14(9(2)19)23-16(17-8)18-15(20)12-7-10-5-4-6-11(21-3)13(10)22-12/h4-7H,1-3H3,(H,17,18,20). The Morgan fingerprint density at radius 3 is 2.78 bits per heavy atom. The maximum atomic E-state index is 12.3. The van der Waals surface area contributed by atoms with Crippen molar-refractivity contribution in [2.45, 2.75) is 13.8 Å². The number of nitrogens with zero attached hydrogens (tertiary/aromatic N) is 1. The summed E-state index contributed by atoms with van der Waals surface area (Å²) in [6, 6.07) is 7.05. The number of anilines is 1. The van der Waals surface area contributed by atoms with Crippen molar-refractivity contribution in [3.63, 3.8) is 0 Å². The predicted molar refractivity (Wildman–Crippen MR) is 87.6 cm³/mol. The van der Waals surface area contributed by atoms with Crippen LogP contribution in [-0.2, 0) is 0 Å². The van der Waals surface area contributed by atoms with Crippen LogP contribution in [0.1, 0.15) is 32.8 Å². The number of thiazole rings is 1. The third kappa shape index (κ3) is 2.83. The van der Waals surface area contributed by atoms with Crippen molar-refractivity contribution < 1.29 is 18.7 Å².